The molecule has 0 saturated heterocycles. The fourth-order valence-electron chi connectivity index (χ4n) is 4.20. The number of phenolic OH excluding ortho intramolecular Hbond substituents is 1. The fourth-order valence-corrected chi connectivity index (χ4v) is 4.20. The van der Waals surface area contributed by atoms with E-state index in [1.54, 1.807) is 29.2 Å². The maximum atomic E-state index is 13.2. The van der Waals surface area contributed by atoms with Gasteiger partial charge in [-0.05, 0) is 41.1 Å². The number of amides is 1. The highest BCUT2D eigenvalue weighted by Crippen LogP contribution is 2.31. The van der Waals surface area contributed by atoms with Crippen LogP contribution in [0.2, 0.25) is 0 Å². The Morgan fingerprint density at radius 2 is 1.83 bits per heavy atom. The number of hydrogen-bond donors (Lipinski definition) is 2. The highest BCUT2D eigenvalue weighted by atomic mass is 16.5. The Kier molecular flexibility index (Phi) is 4.20. The van der Waals surface area contributed by atoms with Crippen LogP contribution in [0.25, 0.3) is 21.7 Å². The van der Waals surface area contributed by atoms with Crippen molar-refractivity contribution >= 4 is 33.6 Å². The Morgan fingerprint density at radius 1 is 1.07 bits per heavy atom. The summed E-state index contributed by atoms with van der Waals surface area (Å²) in [6.45, 7) is 0.958. The number of aromatic hydroxyl groups is 1. The van der Waals surface area contributed by atoms with Gasteiger partial charge in [0, 0.05) is 41.7 Å². The van der Waals surface area contributed by atoms with Gasteiger partial charge in [-0.15, -0.1) is 0 Å². The predicted molar refractivity (Wildman–Crippen MR) is 114 cm³/mol. The van der Waals surface area contributed by atoms with Crippen molar-refractivity contribution in [3.63, 3.8) is 0 Å². The van der Waals surface area contributed by atoms with Crippen LogP contribution in [-0.4, -0.2) is 40.5 Å². The summed E-state index contributed by atoms with van der Waals surface area (Å²) in [5, 5.41) is 13.2. The van der Waals surface area contributed by atoms with Crippen molar-refractivity contribution in [3.8, 4) is 5.75 Å². The molecule has 0 spiro atoms. The Morgan fingerprint density at radius 3 is 2.60 bits per heavy atom. The van der Waals surface area contributed by atoms with Crippen LogP contribution in [0.5, 0.6) is 5.75 Å². The molecule has 0 unspecified atom stereocenters. The van der Waals surface area contributed by atoms with Gasteiger partial charge in [-0.2, -0.15) is 0 Å². The van der Waals surface area contributed by atoms with E-state index in [4.69, 9.17) is 4.74 Å². The van der Waals surface area contributed by atoms with E-state index in [-0.39, 0.29) is 11.7 Å². The molecule has 1 amide bonds. The first kappa shape index (κ1) is 18.2. The maximum Gasteiger partial charge on any atom is 0.337 e. The van der Waals surface area contributed by atoms with Crippen LogP contribution in [0.1, 0.15) is 32.0 Å². The monoisotopic (exact) mass is 400 g/mol. The molecule has 30 heavy (non-hydrogen) atoms. The molecule has 6 nitrogen and oxygen atoms in total. The van der Waals surface area contributed by atoms with E-state index >= 15 is 0 Å². The molecule has 1 aliphatic rings. The smallest absolute Gasteiger partial charge is 0.337 e. The molecule has 3 aromatic carbocycles. The number of carbonyl (C=O) groups excluding carboxylic acids is 2. The summed E-state index contributed by atoms with van der Waals surface area (Å²) in [5.41, 5.74) is 3.76. The number of H-pyrrole nitrogens is 1. The number of nitrogens with zero attached hydrogens (tertiary/aromatic N) is 1. The summed E-state index contributed by atoms with van der Waals surface area (Å²) in [7, 11) is 1.36. The van der Waals surface area contributed by atoms with E-state index < -0.39 is 5.97 Å². The van der Waals surface area contributed by atoms with Crippen molar-refractivity contribution < 1.29 is 19.4 Å². The third-order valence-electron chi connectivity index (χ3n) is 5.78. The van der Waals surface area contributed by atoms with Gasteiger partial charge in [0.25, 0.3) is 5.91 Å². The van der Waals surface area contributed by atoms with Crippen molar-refractivity contribution in [1.29, 1.82) is 0 Å². The average molecular weight is 400 g/mol. The molecular formula is C24H20N2O4. The Balaban J connectivity index is 1.51. The van der Waals surface area contributed by atoms with Gasteiger partial charge in [-0.3, -0.25) is 4.79 Å². The molecule has 1 aromatic heterocycles. The minimum atomic E-state index is -0.392. The number of ether oxygens (including phenoxy) is 1. The van der Waals surface area contributed by atoms with E-state index in [2.05, 4.69) is 4.98 Å². The molecule has 4 aromatic rings. The summed E-state index contributed by atoms with van der Waals surface area (Å²) in [6.07, 6.45) is 0.678. The minimum Gasteiger partial charge on any atom is -0.507 e. The predicted octanol–water partition coefficient (Wildman–Crippen LogP) is 4.01. The van der Waals surface area contributed by atoms with Gasteiger partial charge >= 0.3 is 5.97 Å². The third kappa shape index (κ3) is 2.88. The topological polar surface area (TPSA) is 82.6 Å². The van der Waals surface area contributed by atoms with Crippen molar-refractivity contribution in [1.82, 2.24) is 9.88 Å². The zero-order valence-corrected chi connectivity index (χ0v) is 16.4. The number of phenols is 1. The van der Waals surface area contributed by atoms with Gasteiger partial charge in [-0.25, -0.2) is 4.79 Å². The van der Waals surface area contributed by atoms with Gasteiger partial charge in [0.1, 0.15) is 5.75 Å². The summed E-state index contributed by atoms with van der Waals surface area (Å²) < 4.78 is 4.83. The van der Waals surface area contributed by atoms with E-state index in [0.717, 1.165) is 32.9 Å². The lowest BCUT2D eigenvalue weighted by molar-refractivity contribution is 0.0600. The molecule has 0 bridgehead atoms. The normalized spacial score (nSPS) is 13.4. The minimum absolute atomic E-state index is 0.0172. The van der Waals surface area contributed by atoms with E-state index in [0.29, 0.717) is 30.6 Å². The van der Waals surface area contributed by atoms with Gasteiger partial charge < -0.3 is 19.7 Å². The third-order valence-corrected chi connectivity index (χ3v) is 5.78. The molecule has 0 aliphatic carbocycles. The number of benzene rings is 3. The van der Waals surface area contributed by atoms with Crippen molar-refractivity contribution in [2.45, 2.75) is 13.0 Å². The largest absolute Gasteiger partial charge is 0.507 e. The number of methoxy groups -OCH3 is 1. The number of fused-ring (bicyclic) bond motifs is 4. The van der Waals surface area contributed by atoms with Crippen LogP contribution in [0.3, 0.4) is 0 Å². The number of aromatic nitrogens is 1. The molecule has 0 fully saturated rings. The second kappa shape index (κ2) is 6.91. The Hall–Kier alpha value is -3.80. The van der Waals surface area contributed by atoms with Gasteiger partial charge in [0.15, 0.2) is 0 Å². The highest BCUT2D eigenvalue weighted by Gasteiger charge is 2.27. The summed E-state index contributed by atoms with van der Waals surface area (Å²) in [6, 6.07) is 16.4. The summed E-state index contributed by atoms with van der Waals surface area (Å²) >= 11 is 0. The number of esters is 1. The van der Waals surface area contributed by atoms with Crippen LogP contribution in [0.15, 0.2) is 54.6 Å². The number of carbonyl (C=O) groups is 2. The van der Waals surface area contributed by atoms with E-state index in [9.17, 15) is 14.7 Å². The number of rotatable bonds is 2. The molecule has 150 valence electrons. The molecule has 0 saturated carbocycles. The van der Waals surface area contributed by atoms with Crippen LogP contribution in [0, 0.1) is 0 Å². The number of aromatic amines is 1. The van der Waals surface area contributed by atoms with Crippen molar-refractivity contribution in [2.75, 3.05) is 13.7 Å². The zero-order valence-electron chi connectivity index (χ0n) is 16.4. The van der Waals surface area contributed by atoms with Crippen molar-refractivity contribution in [3.05, 3.63) is 77.0 Å². The first-order chi connectivity index (χ1) is 14.5. The molecule has 2 heterocycles. The average Bonchev–Trinajstić information content (AvgIpc) is 3.14. The van der Waals surface area contributed by atoms with E-state index in [1.165, 1.54) is 7.11 Å². The Labute approximate surface area is 172 Å². The lowest BCUT2D eigenvalue weighted by Crippen LogP contribution is -2.35. The second-order valence-electron chi connectivity index (χ2n) is 7.53. The molecular weight excluding hydrogens is 380 g/mol. The standard InChI is InChI=1S/C24H20N2O4/c1-30-24(29)16-6-7-20-17(11-16)19-13-26(9-8-21(19)25-20)23(28)18-10-14-4-2-3-5-15(14)12-22(18)27/h2-7,10-12,25,27H,8-9,13H2,1H3. The molecule has 6 heteroatoms. The van der Waals surface area contributed by atoms with Crippen LogP contribution in [-0.2, 0) is 17.7 Å². The first-order valence-electron chi connectivity index (χ1n) is 9.78. The lowest BCUT2D eigenvalue weighted by atomic mass is 10.0. The summed E-state index contributed by atoms with van der Waals surface area (Å²) in [4.78, 5) is 30.3. The van der Waals surface area contributed by atoms with Crippen LogP contribution >= 0.6 is 0 Å². The lowest BCUT2D eigenvalue weighted by Gasteiger charge is -2.27. The van der Waals surface area contributed by atoms with Gasteiger partial charge in [0.05, 0.1) is 18.2 Å². The molecule has 0 atom stereocenters. The quantitative estimate of drug-likeness (QED) is 0.498. The van der Waals surface area contributed by atoms with Gasteiger partial charge in [-0.1, -0.05) is 24.3 Å². The first-order valence-corrected chi connectivity index (χ1v) is 9.78. The molecule has 5 rings (SSSR count). The highest BCUT2D eigenvalue weighted by molar-refractivity contribution is 6.02. The molecule has 0 radical (unpaired) electrons. The van der Waals surface area contributed by atoms with E-state index in [1.807, 2.05) is 30.3 Å². The number of hydrogen-bond acceptors (Lipinski definition) is 4. The Bertz CT molecular complexity index is 1320. The van der Waals surface area contributed by atoms with Crippen molar-refractivity contribution in [2.24, 2.45) is 0 Å². The molecule has 2 N–H and O–H groups in total. The molecule has 1 aliphatic heterocycles. The van der Waals surface area contributed by atoms with Gasteiger partial charge in [0.2, 0.25) is 0 Å². The summed E-state index contributed by atoms with van der Waals surface area (Å²) in [5.74, 6) is -0.615. The zero-order chi connectivity index (χ0) is 20.8. The van der Waals surface area contributed by atoms with Crippen LogP contribution in [0.4, 0.5) is 0 Å². The maximum absolute atomic E-state index is 13.2. The second-order valence-corrected chi connectivity index (χ2v) is 7.53. The SMILES string of the molecule is COC(=O)c1ccc2[nH]c3c(c2c1)CN(C(=O)c1cc2ccccc2cc1O)CC3. The fraction of sp³-hybridized carbons (Fsp3) is 0.167. The van der Waals surface area contributed by atoms with Crippen LogP contribution < -0.4 is 0 Å². The number of nitrogens with one attached hydrogen (secondary N) is 1.